The van der Waals surface area contributed by atoms with Gasteiger partial charge in [0.15, 0.2) is 5.82 Å². The lowest BCUT2D eigenvalue weighted by Gasteiger charge is -2.13. The molecule has 0 radical (unpaired) electrons. The van der Waals surface area contributed by atoms with Crippen molar-refractivity contribution in [2.45, 2.75) is 33.9 Å². The average Bonchev–Trinajstić information content (AvgIpc) is 2.84. The zero-order chi connectivity index (χ0) is 22.8. The monoisotopic (exact) mass is 429 g/mol. The summed E-state index contributed by atoms with van der Waals surface area (Å²) in [6, 6.07) is 22.4. The van der Waals surface area contributed by atoms with Crippen molar-refractivity contribution >= 4 is 0 Å². The number of hydrogen-bond acceptors (Lipinski definition) is 5. The summed E-state index contributed by atoms with van der Waals surface area (Å²) in [5.41, 5.74) is 1.70. The van der Waals surface area contributed by atoms with Gasteiger partial charge < -0.3 is 14.0 Å². The predicted octanol–water partition coefficient (Wildman–Crippen LogP) is 5.39. The number of rotatable bonds is 7. The van der Waals surface area contributed by atoms with Gasteiger partial charge in [0.25, 0.3) is 5.56 Å². The fraction of sp³-hybridized carbons (Fsp3) is 0.192. The topological polar surface area (TPSA) is 66.2 Å². The first-order chi connectivity index (χ1) is 15.7. The second-order valence-electron chi connectivity index (χ2n) is 6.77. The summed E-state index contributed by atoms with van der Waals surface area (Å²) < 4.78 is 13.2. The minimum Gasteiger partial charge on any atom is -0.485 e. The van der Waals surface area contributed by atoms with Crippen molar-refractivity contribution in [3.8, 4) is 17.2 Å². The van der Waals surface area contributed by atoms with Gasteiger partial charge in [-0.25, -0.2) is 9.97 Å². The van der Waals surface area contributed by atoms with Gasteiger partial charge in [-0.3, -0.25) is 4.79 Å². The van der Waals surface area contributed by atoms with Crippen molar-refractivity contribution in [3.63, 3.8) is 0 Å². The molecule has 2 aromatic heterocycles. The predicted molar refractivity (Wildman–Crippen MR) is 125 cm³/mol. The number of aromatic nitrogens is 3. The summed E-state index contributed by atoms with van der Waals surface area (Å²) in [6.45, 7) is 6.57. The van der Waals surface area contributed by atoms with Crippen LogP contribution in [0.25, 0.3) is 0 Å². The Kier molecular flexibility index (Phi) is 8.15. The molecule has 0 aliphatic rings. The summed E-state index contributed by atoms with van der Waals surface area (Å²) in [4.78, 5) is 20.8. The van der Waals surface area contributed by atoms with E-state index in [-0.39, 0.29) is 12.2 Å². The minimum absolute atomic E-state index is 0.122. The first-order valence-corrected chi connectivity index (χ1v) is 10.6. The molecule has 4 rings (SSSR count). The van der Waals surface area contributed by atoms with Gasteiger partial charge >= 0.3 is 0 Å². The van der Waals surface area contributed by atoms with Gasteiger partial charge in [0.2, 0.25) is 0 Å². The zero-order valence-corrected chi connectivity index (χ0v) is 18.6. The molecule has 0 atom stereocenters. The summed E-state index contributed by atoms with van der Waals surface area (Å²) in [5, 5.41) is 0. The normalized spacial score (nSPS) is 10.1. The van der Waals surface area contributed by atoms with Gasteiger partial charge in [-0.05, 0) is 48.9 Å². The lowest BCUT2D eigenvalue weighted by atomic mass is 10.2. The second-order valence-corrected chi connectivity index (χ2v) is 6.77. The van der Waals surface area contributed by atoms with Crippen LogP contribution in [0.5, 0.6) is 17.2 Å². The number of pyridine rings is 1. The van der Waals surface area contributed by atoms with E-state index in [1.54, 1.807) is 23.0 Å². The van der Waals surface area contributed by atoms with Gasteiger partial charge in [-0.1, -0.05) is 44.2 Å². The van der Waals surface area contributed by atoms with Crippen molar-refractivity contribution in [2.75, 3.05) is 0 Å². The van der Waals surface area contributed by atoms with Crippen molar-refractivity contribution in [1.29, 1.82) is 0 Å². The fourth-order valence-corrected chi connectivity index (χ4v) is 3.01. The molecule has 0 saturated heterocycles. The lowest BCUT2D eigenvalue weighted by molar-refractivity contribution is 0.294. The molecule has 2 aromatic carbocycles. The van der Waals surface area contributed by atoms with E-state index in [0.717, 1.165) is 22.8 Å². The number of hydrogen-bond donors (Lipinski definition) is 0. The van der Waals surface area contributed by atoms with E-state index < -0.39 is 0 Å². The Balaban J connectivity index is 0.00000141. The summed E-state index contributed by atoms with van der Waals surface area (Å²) in [5.74, 6) is 2.61. The Morgan fingerprint density at radius 1 is 0.812 bits per heavy atom. The highest BCUT2D eigenvalue weighted by molar-refractivity contribution is 5.33. The third-order valence-corrected chi connectivity index (χ3v) is 4.54. The van der Waals surface area contributed by atoms with Crippen LogP contribution in [0.2, 0.25) is 0 Å². The number of para-hydroxylation sites is 1. The van der Waals surface area contributed by atoms with Crippen LogP contribution in [0.1, 0.15) is 30.9 Å². The van der Waals surface area contributed by atoms with Crippen LogP contribution in [0, 0.1) is 6.92 Å². The summed E-state index contributed by atoms with van der Waals surface area (Å²) >= 11 is 0. The molecule has 0 bridgehead atoms. The van der Waals surface area contributed by atoms with Gasteiger partial charge in [0, 0.05) is 24.2 Å². The van der Waals surface area contributed by atoms with Gasteiger partial charge in [-0.15, -0.1) is 0 Å². The number of aryl methyl sites for hydroxylation is 1. The average molecular weight is 430 g/mol. The molecule has 0 unspecified atom stereocenters. The van der Waals surface area contributed by atoms with Crippen LogP contribution in [0.4, 0.5) is 0 Å². The van der Waals surface area contributed by atoms with E-state index in [1.165, 1.54) is 6.07 Å². The van der Waals surface area contributed by atoms with Crippen LogP contribution in [0.3, 0.4) is 0 Å². The summed E-state index contributed by atoms with van der Waals surface area (Å²) in [6.07, 6.45) is 3.32. The maximum absolute atomic E-state index is 12.6. The third-order valence-electron chi connectivity index (χ3n) is 4.54. The molecule has 0 aliphatic heterocycles. The van der Waals surface area contributed by atoms with Gasteiger partial charge in [-0.2, -0.15) is 0 Å². The Morgan fingerprint density at radius 2 is 1.47 bits per heavy atom. The summed E-state index contributed by atoms with van der Waals surface area (Å²) in [7, 11) is 0. The Morgan fingerprint density at radius 3 is 2.12 bits per heavy atom. The van der Waals surface area contributed by atoms with Crippen LogP contribution in [-0.2, 0) is 13.2 Å². The lowest BCUT2D eigenvalue weighted by Crippen LogP contribution is -2.22. The van der Waals surface area contributed by atoms with Crippen LogP contribution in [0.15, 0.2) is 90.0 Å². The molecule has 6 heteroatoms. The van der Waals surface area contributed by atoms with Crippen molar-refractivity contribution in [3.05, 3.63) is 113 Å². The van der Waals surface area contributed by atoms with E-state index in [2.05, 4.69) is 9.97 Å². The molecular weight excluding hydrogens is 402 g/mol. The first kappa shape index (κ1) is 22.7. The molecule has 0 saturated carbocycles. The minimum atomic E-state index is -0.122. The highest BCUT2D eigenvalue weighted by Crippen LogP contribution is 2.21. The quantitative estimate of drug-likeness (QED) is 0.394. The van der Waals surface area contributed by atoms with Gasteiger partial charge in [0.05, 0.1) is 6.54 Å². The smallest absolute Gasteiger partial charge is 0.254 e. The van der Waals surface area contributed by atoms with E-state index in [0.29, 0.717) is 18.1 Å². The van der Waals surface area contributed by atoms with E-state index >= 15 is 0 Å². The largest absolute Gasteiger partial charge is 0.485 e. The molecule has 4 aromatic rings. The number of benzene rings is 2. The Hall–Kier alpha value is -3.93. The zero-order valence-electron chi connectivity index (χ0n) is 18.6. The maximum atomic E-state index is 12.6. The SMILES string of the molecule is CC.Cc1cc(OCc2ncccn2)cc(=O)n1Cc1ccc(Oc2ccccc2)cc1. The molecule has 0 aliphatic carbocycles. The van der Waals surface area contributed by atoms with Crippen molar-refractivity contribution < 1.29 is 9.47 Å². The number of ether oxygens (including phenoxy) is 2. The molecular formula is C26H27N3O3. The molecule has 2 heterocycles. The van der Waals surface area contributed by atoms with E-state index in [4.69, 9.17) is 9.47 Å². The van der Waals surface area contributed by atoms with Crippen LogP contribution >= 0.6 is 0 Å². The third kappa shape index (κ3) is 6.28. The van der Waals surface area contributed by atoms with Crippen molar-refractivity contribution in [2.24, 2.45) is 0 Å². The van der Waals surface area contributed by atoms with E-state index in [1.807, 2.05) is 81.4 Å². The fourth-order valence-electron chi connectivity index (χ4n) is 3.01. The Labute approximate surface area is 188 Å². The molecule has 0 amide bonds. The molecule has 0 fully saturated rings. The molecule has 0 N–H and O–H groups in total. The van der Waals surface area contributed by atoms with Crippen LogP contribution < -0.4 is 15.0 Å². The molecule has 6 nitrogen and oxygen atoms in total. The van der Waals surface area contributed by atoms with Crippen LogP contribution in [-0.4, -0.2) is 14.5 Å². The Bertz CT molecular complexity index is 1160. The second kappa shape index (κ2) is 11.5. The highest BCUT2D eigenvalue weighted by Gasteiger charge is 2.07. The van der Waals surface area contributed by atoms with Gasteiger partial charge in [0.1, 0.15) is 23.9 Å². The maximum Gasteiger partial charge on any atom is 0.254 e. The number of nitrogens with zero attached hydrogens (tertiary/aromatic N) is 3. The highest BCUT2D eigenvalue weighted by atomic mass is 16.5. The van der Waals surface area contributed by atoms with E-state index in [9.17, 15) is 4.79 Å². The standard InChI is InChI=1S/C24H21N3O3.C2H6/c1-18-14-22(29-17-23-25-12-5-13-26-23)15-24(28)27(18)16-19-8-10-21(11-9-19)30-20-6-3-2-4-7-20;1-2/h2-15H,16-17H2,1H3;1-2H3. The molecule has 164 valence electrons. The molecule has 0 spiro atoms. The first-order valence-electron chi connectivity index (χ1n) is 10.6. The van der Waals surface area contributed by atoms with Crippen molar-refractivity contribution in [1.82, 2.24) is 14.5 Å². The molecule has 32 heavy (non-hydrogen) atoms.